The first-order chi connectivity index (χ1) is 13.3. The Balaban J connectivity index is 1.38. The van der Waals surface area contributed by atoms with Crippen molar-refractivity contribution >= 4 is 27.4 Å². The van der Waals surface area contributed by atoms with E-state index in [9.17, 15) is 21.6 Å². The van der Waals surface area contributed by atoms with Crippen LogP contribution < -0.4 is 5.32 Å². The maximum atomic E-state index is 14.0. The second kappa shape index (κ2) is 7.46. The van der Waals surface area contributed by atoms with E-state index in [4.69, 9.17) is 12.2 Å². The number of thiocarbonyl (C=S) groups is 1. The second-order valence-corrected chi connectivity index (χ2v) is 10.1. The van der Waals surface area contributed by atoms with Gasteiger partial charge in [-0.05, 0) is 55.4 Å². The van der Waals surface area contributed by atoms with Crippen LogP contribution in [-0.2, 0) is 10.0 Å². The molecule has 0 spiro atoms. The molecule has 0 unspecified atom stereocenters. The number of nitrogens with zero attached hydrogens (tertiary/aromatic N) is 2. The van der Waals surface area contributed by atoms with Gasteiger partial charge in [0.2, 0.25) is 10.0 Å². The lowest BCUT2D eigenvalue weighted by molar-refractivity contribution is 0.257. The molecular formula is C18H22F3N3O2S2. The van der Waals surface area contributed by atoms with Crippen molar-refractivity contribution in [2.75, 3.05) is 26.2 Å². The molecule has 1 heterocycles. The minimum absolute atomic E-state index is 0.0965. The van der Waals surface area contributed by atoms with Crippen LogP contribution in [0.5, 0.6) is 0 Å². The molecule has 3 fully saturated rings. The van der Waals surface area contributed by atoms with Gasteiger partial charge < -0.3 is 10.2 Å². The van der Waals surface area contributed by atoms with E-state index >= 15 is 0 Å². The average Bonchev–Trinajstić information content (AvgIpc) is 3.29. The quantitative estimate of drug-likeness (QED) is 0.586. The Labute approximate surface area is 167 Å². The molecule has 1 aromatic rings. The predicted octanol–water partition coefficient (Wildman–Crippen LogP) is 2.47. The van der Waals surface area contributed by atoms with Gasteiger partial charge in [0, 0.05) is 32.2 Å². The molecule has 1 aliphatic heterocycles. The molecule has 3 atom stereocenters. The topological polar surface area (TPSA) is 52.7 Å². The number of sulfonamides is 1. The fourth-order valence-electron chi connectivity index (χ4n) is 4.65. The van der Waals surface area contributed by atoms with E-state index in [1.54, 1.807) is 0 Å². The lowest BCUT2D eigenvalue weighted by Gasteiger charge is -2.37. The van der Waals surface area contributed by atoms with Gasteiger partial charge in [0.1, 0.15) is 4.90 Å². The van der Waals surface area contributed by atoms with Crippen LogP contribution in [0.3, 0.4) is 0 Å². The summed E-state index contributed by atoms with van der Waals surface area (Å²) < 4.78 is 66.9. The van der Waals surface area contributed by atoms with Crippen molar-refractivity contribution in [1.82, 2.24) is 14.5 Å². The monoisotopic (exact) mass is 433 g/mol. The van der Waals surface area contributed by atoms with Gasteiger partial charge in [-0.3, -0.25) is 0 Å². The van der Waals surface area contributed by atoms with Gasteiger partial charge >= 0.3 is 0 Å². The summed E-state index contributed by atoms with van der Waals surface area (Å²) in [4.78, 5) is 1.07. The molecule has 1 aromatic carbocycles. The number of hydrogen-bond acceptors (Lipinski definition) is 3. The Kier molecular flexibility index (Phi) is 5.30. The highest BCUT2D eigenvalue weighted by molar-refractivity contribution is 7.89. The molecular weight excluding hydrogens is 411 g/mol. The number of piperazine rings is 1. The minimum Gasteiger partial charge on any atom is -0.360 e. The van der Waals surface area contributed by atoms with Gasteiger partial charge in [-0.25, -0.2) is 21.6 Å². The molecule has 3 aliphatic rings. The molecule has 0 aromatic heterocycles. The lowest BCUT2D eigenvalue weighted by atomic mass is 9.95. The highest BCUT2D eigenvalue weighted by Gasteiger charge is 2.40. The van der Waals surface area contributed by atoms with E-state index in [0.29, 0.717) is 36.2 Å². The van der Waals surface area contributed by atoms with Crippen LogP contribution in [0.1, 0.15) is 25.7 Å². The third-order valence-electron chi connectivity index (χ3n) is 6.19. The average molecular weight is 434 g/mol. The Morgan fingerprint density at radius 3 is 2.36 bits per heavy atom. The van der Waals surface area contributed by atoms with E-state index < -0.39 is 32.4 Å². The van der Waals surface area contributed by atoms with Crippen LogP contribution in [-0.4, -0.2) is 55.0 Å². The van der Waals surface area contributed by atoms with Crippen LogP contribution in [0.15, 0.2) is 17.0 Å². The van der Waals surface area contributed by atoms with E-state index in [1.807, 2.05) is 4.90 Å². The van der Waals surface area contributed by atoms with Gasteiger partial charge in [-0.1, -0.05) is 6.42 Å². The summed E-state index contributed by atoms with van der Waals surface area (Å²) in [7, 11) is -4.25. The van der Waals surface area contributed by atoms with Gasteiger partial charge in [0.05, 0.1) is 0 Å². The summed E-state index contributed by atoms with van der Waals surface area (Å²) in [6.07, 6.45) is 4.92. The molecule has 2 saturated carbocycles. The molecule has 28 heavy (non-hydrogen) atoms. The van der Waals surface area contributed by atoms with Crippen LogP contribution >= 0.6 is 12.2 Å². The van der Waals surface area contributed by atoms with Crippen molar-refractivity contribution in [3.63, 3.8) is 0 Å². The summed E-state index contributed by atoms with van der Waals surface area (Å²) in [5.41, 5.74) is 0. The number of nitrogens with one attached hydrogen (secondary N) is 1. The third-order valence-corrected chi connectivity index (χ3v) is 8.48. The van der Waals surface area contributed by atoms with Crippen molar-refractivity contribution in [2.24, 2.45) is 11.8 Å². The predicted molar refractivity (Wildman–Crippen MR) is 102 cm³/mol. The Hall–Kier alpha value is -1.39. The zero-order chi connectivity index (χ0) is 20.1. The molecule has 2 bridgehead atoms. The highest BCUT2D eigenvalue weighted by atomic mass is 32.2. The minimum atomic E-state index is -4.25. The Bertz CT molecular complexity index is 888. The lowest BCUT2D eigenvalue weighted by Crippen LogP contribution is -2.55. The van der Waals surface area contributed by atoms with Crippen molar-refractivity contribution < 1.29 is 21.6 Å². The number of rotatable bonds is 3. The molecule has 0 amide bonds. The van der Waals surface area contributed by atoms with Gasteiger partial charge in [0.25, 0.3) is 0 Å². The molecule has 4 rings (SSSR count). The summed E-state index contributed by atoms with van der Waals surface area (Å²) >= 11 is 5.50. The van der Waals surface area contributed by atoms with E-state index in [1.165, 1.54) is 19.3 Å². The molecule has 2 aliphatic carbocycles. The summed E-state index contributed by atoms with van der Waals surface area (Å²) in [6.45, 7) is 0.910. The van der Waals surface area contributed by atoms with Crippen LogP contribution in [0.4, 0.5) is 13.2 Å². The van der Waals surface area contributed by atoms with Gasteiger partial charge in [0.15, 0.2) is 22.6 Å². The van der Waals surface area contributed by atoms with Crippen molar-refractivity contribution in [3.05, 3.63) is 29.6 Å². The van der Waals surface area contributed by atoms with Crippen molar-refractivity contribution in [1.29, 1.82) is 0 Å². The number of fused-ring (bicyclic) bond motifs is 2. The zero-order valence-corrected chi connectivity index (χ0v) is 16.8. The maximum Gasteiger partial charge on any atom is 0.246 e. The first-order valence-corrected chi connectivity index (χ1v) is 11.3. The number of benzene rings is 1. The largest absolute Gasteiger partial charge is 0.360 e. The first-order valence-electron chi connectivity index (χ1n) is 9.46. The fourth-order valence-corrected chi connectivity index (χ4v) is 6.46. The van der Waals surface area contributed by atoms with Crippen molar-refractivity contribution in [2.45, 2.75) is 36.6 Å². The highest BCUT2D eigenvalue weighted by Crippen LogP contribution is 2.44. The number of halogens is 3. The van der Waals surface area contributed by atoms with Crippen LogP contribution in [0, 0.1) is 29.3 Å². The summed E-state index contributed by atoms with van der Waals surface area (Å²) in [5.74, 6) is -3.43. The van der Waals surface area contributed by atoms with E-state index in [-0.39, 0.29) is 13.1 Å². The molecule has 0 radical (unpaired) electrons. The van der Waals surface area contributed by atoms with Crippen molar-refractivity contribution in [3.8, 4) is 0 Å². The zero-order valence-electron chi connectivity index (χ0n) is 15.2. The molecule has 1 saturated heterocycles. The number of hydrogen-bond donors (Lipinski definition) is 1. The standard InChI is InChI=1S/C18H22F3N3O2S2/c19-13-3-4-15(17(21)16(13)20)28(25,26)24-7-5-23(6-8-24)18(27)22-14-10-11-1-2-12(14)9-11/h3-4,11-12,14H,1-2,5-10H2,(H,22,27)/t11-,12+,14+/m1/s1. The Morgan fingerprint density at radius 2 is 1.75 bits per heavy atom. The fraction of sp³-hybridized carbons (Fsp3) is 0.611. The second-order valence-electron chi connectivity index (χ2n) is 7.80. The molecule has 154 valence electrons. The normalized spacial score (nSPS) is 28.0. The smallest absolute Gasteiger partial charge is 0.246 e. The molecule has 1 N–H and O–H groups in total. The first kappa shape index (κ1) is 19.9. The van der Waals surface area contributed by atoms with Crippen LogP contribution in [0.25, 0.3) is 0 Å². The van der Waals surface area contributed by atoms with Gasteiger partial charge in [-0.15, -0.1) is 0 Å². The van der Waals surface area contributed by atoms with Crippen LogP contribution in [0.2, 0.25) is 0 Å². The maximum absolute atomic E-state index is 14.0. The Morgan fingerprint density at radius 1 is 1.04 bits per heavy atom. The molecule has 10 heteroatoms. The van der Waals surface area contributed by atoms with Gasteiger partial charge in [-0.2, -0.15) is 4.31 Å². The van der Waals surface area contributed by atoms with E-state index in [0.717, 1.165) is 22.7 Å². The molecule has 5 nitrogen and oxygen atoms in total. The summed E-state index contributed by atoms with van der Waals surface area (Å²) in [5, 5.41) is 4.05. The third kappa shape index (κ3) is 3.50. The summed E-state index contributed by atoms with van der Waals surface area (Å²) in [6, 6.07) is 1.77. The SMILES string of the molecule is O=S(=O)(c1ccc(F)c(F)c1F)N1CCN(C(=S)N[C@H]2C[C@@H]3CC[C@H]2C3)CC1. The van der Waals surface area contributed by atoms with E-state index in [2.05, 4.69) is 5.32 Å².